The quantitative estimate of drug-likeness (QED) is 0.913. The minimum absolute atomic E-state index is 0.105. The van der Waals surface area contributed by atoms with Gasteiger partial charge in [0.2, 0.25) is 5.88 Å². The second-order valence-electron chi connectivity index (χ2n) is 4.12. The van der Waals surface area contributed by atoms with Crippen LogP contribution in [0, 0.1) is 0 Å². The smallest absolute Gasteiger partial charge is 0.216 e. The van der Waals surface area contributed by atoms with E-state index in [9.17, 15) is 0 Å². The van der Waals surface area contributed by atoms with Gasteiger partial charge in [-0.15, -0.1) is 0 Å². The van der Waals surface area contributed by atoms with E-state index in [2.05, 4.69) is 15.3 Å². The topological polar surface area (TPSA) is 47.0 Å². The highest BCUT2D eigenvalue weighted by Gasteiger charge is 2.14. The lowest BCUT2D eigenvalue weighted by molar-refractivity contribution is 0.395. The molecular weight excluding hydrogens is 262 g/mol. The molecule has 0 aliphatic carbocycles. The number of halogens is 1. The fourth-order valence-corrected chi connectivity index (χ4v) is 2.20. The summed E-state index contributed by atoms with van der Waals surface area (Å²) >= 11 is 6.23. The molecule has 0 fully saturated rings. The van der Waals surface area contributed by atoms with E-state index in [1.54, 1.807) is 7.11 Å². The molecule has 1 unspecified atom stereocenters. The molecule has 2 rings (SSSR count). The highest BCUT2D eigenvalue weighted by Crippen LogP contribution is 2.25. The van der Waals surface area contributed by atoms with Crippen LogP contribution in [0.25, 0.3) is 0 Å². The van der Waals surface area contributed by atoms with Crippen molar-refractivity contribution >= 4 is 11.6 Å². The van der Waals surface area contributed by atoms with Gasteiger partial charge in [-0.1, -0.05) is 29.8 Å². The summed E-state index contributed by atoms with van der Waals surface area (Å²) in [6.45, 7) is 0. The second kappa shape index (κ2) is 6.50. The average molecular weight is 278 g/mol. The van der Waals surface area contributed by atoms with Gasteiger partial charge in [0.25, 0.3) is 0 Å². The van der Waals surface area contributed by atoms with Crippen LogP contribution < -0.4 is 10.1 Å². The number of likely N-dealkylation sites (N-methyl/N-ethyl adjacent to an activating group) is 1. The number of hydrogen-bond donors (Lipinski definition) is 1. The zero-order valence-corrected chi connectivity index (χ0v) is 11.7. The molecule has 1 aromatic heterocycles. The highest BCUT2D eigenvalue weighted by atomic mass is 35.5. The van der Waals surface area contributed by atoms with E-state index in [4.69, 9.17) is 16.3 Å². The van der Waals surface area contributed by atoms with E-state index in [0.29, 0.717) is 5.88 Å². The third-order valence-electron chi connectivity index (χ3n) is 2.95. The predicted octanol–water partition coefficient (Wildman–Crippen LogP) is 2.64. The lowest BCUT2D eigenvalue weighted by Gasteiger charge is -2.17. The van der Waals surface area contributed by atoms with Gasteiger partial charge < -0.3 is 10.1 Å². The Morgan fingerprint density at radius 1 is 1.32 bits per heavy atom. The Balaban J connectivity index is 2.21. The predicted molar refractivity (Wildman–Crippen MR) is 75.5 cm³/mol. The van der Waals surface area contributed by atoms with Crippen molar-refractivity contribution in [2.75, 3.05) is 14.2 Å². The SMILES string of the molecule is CNC(Cc1cc(OC)ncn1)c1ccccc1Cl. The maximum atomic E-state index is 6.23. The lowest BCUT2D eigenvalue weighted by Crippen LogP contribution is -2.19. The summed E-state index contributed by atoms with van der Waals surface area (Å²) in [4.78, 5) is 8.26. The van der Waals surface area contributed by atoms with Gasteiger partial charge in [0.1, 0.15) is 6.33 Å². The van der Waals surface area contributed by atoms with E-state index in [1.165, 1.54) is 6.33 Å². The van der Waals surface area contributed by atoms with Crippen molar-refractivity contribution in [3.8, 4) is 5.88 Å². The fourth-order valence-electron chi connectivity index (χ4n) is 1.93. The van der Waals surface area contributed by atoms with E-state index < -0.39 is 0 Å². The molecule has 1 atom stereocenters. The van der Waals surface area contributed by atoms with Crippen molar-refractivity contribution in [1.29, 1.82) is 0 Å². The number of rotatable bonds is 5. The first kappa shape index (κ1) is 13.8. The normalized spacial score (nSPS) is 12.2. The molecule has 0 saturated heterocycles. The molecule has 100 valence electrons. The fraction of sp³-hybridized carbons (Fsp3) is 0.286. The Kier molecular flexibility index (Phi) is 4.71. The molecule has 0 amide bonds. The summed E-state index contributed by atoms with van der Waals surface area (Å²) in [6, 6.07) is 9.75. The molecule has 4 nitrogen and oxygen atoms in total. The number of nitrogens with one attached hydrogen (secondary N) is 1. The van der Waals surface area contributed by atoms with Crippen molar-refractivity contribution in [3.63, 3.8) is 0 Å². The van der Waals surface area contributed by atoms with Gasteiger partial charge in [-0.05, 0) is 18.7 Å². The molecule has 1 heterocycles. The molecule has 0 aliphatic rings. The Hall–Kier alpha value is -1.65. The molecule has 2 aromatic rings. The Morgan fingerprint density at radius 3 is 2.79 bits per heavy atom. The van der Waals surface area contributed by atoms with Crippen LogP contribution in [0.15, 0.2) is 36.7 Å². The van der Waals surface area contributed by atoms with E-state index in [-0.39, 0.29) is 6.04 Å². The molecule has 0 radical (unpaired) electrons. The summed E-state index contributed by atoms with van der Waals surface area (Å²) < 4.78 is 5.10. The molecule has 5 heteroatoms. The molecule has 19 heavy (non-hydrogen) atoms. The van der Waals surface area contributed by atoms with Crippen LogP contribution in [0.5, 0.6) is 5.88 Å². The molecule has 0 saturated carbocycles. The number of aromatic nitrogens is 2. The second-order valence-corrected chi connectivity index (χ2v) is 4.53. The monoisotopic (exact) mass is 277 g/mol. The van der Waals surface area contributed by atoms with Gasteiger partial charge in [-0.2, -0.15) is 0 Å². The Morgan fingerprint density at radius 2 is 2.11 bits per heavy atom. The number of methoxy groups -OCH3 is 1. The van der Waals surface area contributed by atoms with Gasteiger partial charge in [-0.25, -0.2) is 9.97 Å². The highest BCUT2D eigenvalue weighted by molar-refractivity contribution is 6.31. The summed E-state index contributed by atoms with van der Waals surface area (Å²) in [6.07, 6.45) is 2.23. The molecule has 1 N–H and O–H groups in total. The maximum Gasteiger partial charge on any atom is 0.216 e. The summed E-state index contributed by atoms with van der Waals surface area (Å²) in [5, 5.41) is 4.01. The first-order valence-electron chi connectivity index (χ1n) is 6.01. The van der Waals surface area contributed by atoms with Gasteiger partial charge in [0.05, 0.1) is 7.11 Å². The van der Waals surface area contributed by atoms with E-state index in [0.717, 1.165) is 22.7 Å². The largest absolute Gasteiger partial charge is 0.481 e. The summed E-state index contributed by atoms with van der Waals surface area (Å²) in [5.41, 5.74) is 1.97. The van der Waals surface area contributed by atoms with Gasteiger partial charge >= 0.3 is 0 Å². The summed E-state index contributed by atoms with van der Waals surface area (Å²) in [7, 11) is 3.50. The van der Waals surface area contributed by atoms with Crippen molar-refractivity contribution < 1.29 is 4.74 Å². The van der Waals surface area contributed by atoms with Crippen molar-refractivity contribution in [2.45, 2.75) is 12.5 Å². The lowest BCUT2D eigenvalue weighted by atomic mass is 10.0. The van der Waals surface area contributed by atoms with Gasteiger partial charge in [-0.3, -0.25) is 0 Å². The molecular formula is C14H16ClN3O. The number of ether oxygens (including phenoxy) is 1. The minimum Gasteiger partial charge on any atom is -0.481 e. The summed E-state index contributed by atoms with van der Waals surface area (Å²) in [5.74, 6) is 0.569. The third-order valence-corrected chi connectivity index (χ3v) is 3.29. The zero-order valence-electron chi connectivity index (χ0n) is 10.9. The Bertz CT molecular complexity index is 548. The van der Waals surface area contributed by atoms with Crippen LogP contribution in [0.1, 0.15) is 17.3 Å². The first-order valence-corrected chi connectivity index (χ1v) is 6.39. The van der Waals surface area contributed by atoms with E-state index >= 15 is 0 Å². The van der Waals surface area contributed by atoms with Crippen molar-refractivity contribution in [3.05, 3.63) is 52.9 Å². The van der Waals surface area contributed by atoms with Gasteiger partial charge in [0, 0.05) is 29.2 Å². The maximum absolute atomic E-state index is 6.23. The van der Waals surface area contributed by atoms with Crippen molar-refractivity contribution in [1.82, 2.24) is 15.3 Å². The minimum atomic E-state index is 0.105. The molecule has 1 aromatic carbocycles. The molecule has 0 aliphatic heterocycles. The van der Waals surface area contributed by atoms with Crippen LogP contribution in [-0.2, 0) is 6.42 Å². The average Bonchev–Trinajstić information content (AvgIpc) is 2.46. The van der Waals surface area contributed by atoms with Crippen LogP contribution in [0.4, 0.5) is 0 Å². The molecule has 0 bridgehead atoms. The third kappa shape index (κ3) is 3.43. The van der Waals surface area contributed by atoms with E-state index in [1.807, 2.05) is 37.4 Å². The number of nitrogens with zero attached hydrogens (tertiary/aromatic N) is 2. The van der Waals surface area contributed by atoms with Gasteiger partial charge in [0.15, 0.2) is 0 Å². The van der Waals surface area contributed by atoms with Crippen LogP contribution in [0.2, 0.25) is 5.02 Å². The van der Waals surface area contributed by atoms with Crippen molar-refractivity contribution in [2.24, 2.45) is 0 Å². The standard InChI is InChI=1S/C14H16ClN3O/c1-16-13(11-5-3-4-6-12(11)15)7-10-8-14(19-2)18-9-17-10/h3-6,8-9,13,16H,7H2,1-2H3. The number of hydrogen-bond acceptors (Lipinski definition) is 4. The molecule has 0 spiro atoms. The van der Waals surface area contributed by atoms with Crippen LogP contribution >= 0.6 is 11.6 Å². The number of benzene rings is 1. The van der Waals surface area contributed by atoms with Crippen LogP contribution in [0.3, 0.4) is 0 Å². The zero-order chi connectivity index (χ0) is 13.7. The Labute approximate surface area is 117 Å². The first-order chi connectivity index (χ1) is 9.24. The van der Waals surface area contributed by atoms with Crippen LogP contribution in [-0.4, -0.2) is 24.1 Å².